The predicted molar refractivity (Wildman–Crippen MR) is 241 cm³/mol. The van der Waals surface area contributed by atoms with E-state index in [2.05, 4.69) is 164 Å². The number of fused-ring (bicyclic) bond motifs is 10. The highest BCUT2D eigenvalue weighted by atomic mass is 16.3. The third-order valence-corrected chi connectivity index (χ3v) is 12.2. The van der Waals surface area contributed by atoms with Gasteiger partial charge in [0.1, 0.15) is 11.2 Å². The van der Waals surface area contributed by atoms with Crippen LogP contribution in [-0.2, 0) is 5.41 Å². The first-order valence-corrected chi connectivity index (χ1v) is 20.1. The fourth-order valence-electron chi connectivity index (χ4n) is 9.53. The summed E-state index contributed by atoms with van der Waals surface area (Å²) in [5.74, 6) is 1.80. The Morgan fingerprint density at radius 1 is 0.441 bits per heavy atom. The molecule has 59 heavy (non-hydrogen) atoms. The van der Waals surface area contributed by atoms with Gasteiger partial charge in [0.25, 0.3) is 0 Å². The van der Waals surface area contributed by atoms with Crippen molar-refractivity contribution in [2.24, 2.45) is 0 Å². The van der Waals surface area contributed by atoms with Gasteiger partial charge in [-0.25, -0.2) is 15.0 Å². The lowest BCUT2D eigenvalue weighted by molar-refractivity contribution is 0.666. The van der Waals surface area contributed by atoms with Crippen molar-refractivity contribution < 1.29 is 4.42 Å². The van der Waals surface area contributed by atoms with E-state index in [1.165, 1.54) is 38.5 Å². The van der Waals surface area contributed by atoms with Crippen molar-refractivity contribution in [1.29, 1.82) is 0 Å². The predicted octanol–water partition coefficient (Wildman–Crippen LogP) is 13.8. The molecule has 0 bridgehead atoms. The topological polar surface area (TPSA) is 56.7 Å². The average Bonchev–Trinajstić information content (AvgIpc) is 3.92. The average molecular weight is 757 g/mol. The maximum atomic E-state index is 6.64. The van der Waals surface area contributed by atoms with Crippen LogP contribution < -0.4 is 0 Å². The van der Waals surface area contributed by atoms with Gasteiger partial charge >= 0.3 is 0 Å². The second-order valence-corrected chi connectivity index (χ2v) is 16.0. The minimum Gasteiger partial charge on any atom is -0.455 e. The lowest BCUT2D eigenvalue weighted by Crippen LogP contribution is -2.15. The third-order valence-electron chi connectivity index (χ3n) is 12.2. The van der Waals surface area contributed by atoms with Crippen LogP contribution >= 0.6 is 0 Å². The van der Waals surface area contributed by atoms with Gasteiger partial charge in [-0.15, -0.1) is 0 Å². The molecule has 5 heteroatoms. The number of nitrogens with zero attached hydrogens (tertiary/aromatic N) is 4. The molecule has 8 aromatic carbocycles. The number of rotatable bonds is 5. The van der Waals surface area contributed by atoms with E-state index in [4.69, 9.17) is 19.4 Å². The SMILES string of the molecule is CC1(C)c2ccccc2-c2ccc3c(c21)c1ccccc1n3-c1cccc(-c2nc(-c3ccccc3)nc(-c3ccc4c(c3)oc3c(-c5ccccc5)cccc34)n2)c1. The molecule has 0 fully saturated rings. The zero-order valence-electron chi connectivity index (χ0n) is 32.5. The van der Waals surface area contributed by atoms with Crippen LogP contribution in [0.15, 0.2) is 186 Å². The molecule has 0 unspecified atom stereocenters. The fraction of sp³-hybridized carbons (Fsp3) is 0.0556. The summed E-state index contributed by atoms with van der Waals surface area (Å²) >= 11 is 0. The fourth-order valence-corrected chi connectivity index (χ4v) is 9.53. The number of benzene rings is 8. The molecule has 0 spiro atoms. The molecule has 12 rings (SSSR count). The minimum atomic E-state index is -0.146. The molecule has 0 radical (unpaired) electrons. The molecule has 0 atom stereocenters. The summed E-state index contributed by atoms with van der Waals surface area (Å²) in [6.45, 7) is 4.72. The lowest BCUT2D eigenvalue weighted by atomic mass is 9.80. The largest absolute Gasteiger partial charge is 0.455 e. The minimum absolute atomic E-state index is 0.146. The Labute approximate surface area is 340 Å². The van der Waals surface area contributed by atoms with Gasteiger partial charge in [-0.1, -0.05) is 159 Å². The van der Waals surface area contributed by atoms with Crippen LogP contribution in [0.4, 0.5) is 0 Å². The van der Waals surface area contributed by atoms with Crippen molar-refractivity contribution in [3.63, 3.8) is 0 Å². The zero-order valence-corrected chi connectivity index (χ0v) is 32.5. The summed E-state index contributed by atoms with van der Waals surface area (Å²) in [6, 6.07) is 64.0. The maximum absolute atomic E-state index is 6.64. The second-order valence-electron chi connectivity index (χ2n) is 16.0. The van der Waals surface area contributed by atoms with Crippen molar-refractivity contribution in [2.75, 3.05) is 0 Å². The number of hydrogen-bond acceptors (Lipinski definition) is 4. The molecule has 3 aromatic heterocycles. The molecule has 0 aliphatic heterocycles. The van der Waals surface area contributed by atoms with E-state index in [-0.39, 0.29) is 5.41 Å². The van der Waals surface area contributed by atoms with Gasteiger partial charge in [-0.05, 0) is 64.2 Å². The molecular weight excluding hydrogens is 721 g/mol. The number of furan rings is 1. The van der Waals surface area contributed by atoms with E-state index in [0.717, 1.165) is 61.0 Å². The molecule has 3 heterocycles. The van der Waals surface area contributed by atoms with Crippen LogP contribution in [0.5, 0.6) is 0 Å². The van der Waals surface area contributed by atoms with E-state index in [1.807, 2.05) is 36.4 Å². The Morgan fingerprint density at radius 2 is 1.07 bits per heavy atom. The van der Waals surface area contributed by atoms with E-state index >= 15 is 0 Å². The van der Waals surface area contributed by atoms with Crippen LogP contribution in [0.1, 0.15) is 25.0 Å². The highest BCUT2D eigenvalue weighted by Gasteiger charge is 2.38. The van der Waals surface area contributed by atoms with Crippen molar-refractivity contribution in [2.45, 2.75) is 19.3 Å². The Kier molecular flexibility index (Phi) is 7.20. The highest BCUT2D eigenvalue weighted by molar-refractivity contribution is 6.14. The molecule has 5 nitrogen and oxygen atoms in total. The molecule has 0 amide bonds. The first-order chi connectivity index (χ1) is 29.0. The molecule has 1 aliphatic carbocycles. The van der Waals surface area contributed by atoms with Gasteiger partial charge in [0.15, 0.2) is 17.5 Å². The monoisotopic (exact) mass is 756 g/mol. The first kappa shape index (κ1) is 33.5. The molecule has 11 aromatic rings. The Hall–Kier alpha value is -7.63. The zero-order chi connectivity index (χ0) is 39.2. The molecule has 0 N–H and O–H groups in total. The summed E-state index contributed by atoms with van der Waals surface area (Å²) < 4.78 is 9.04. The van der Waals surface area contributed by atoms with Gasteiger partial charge in [0.05, 0.1) is 11.0 Å². The van der Waals surface area contributed by atoms with Crippen molar-refractivity contribution in [3.8, 4) is 62.1 Å². The Bertz CT molecular complexity index is 3470. The van der Waals surface area contributed by atoms with Gasteiger partial charge in [0.2, 0.25) is 0 Å². The summed E-state index contributed by atoms with van der Waals surface area (Å²) in [5.41, 5.74) is 15.2. The molecule has 1 aliphatic rings. The van der Waals surface area contributed by atoms with Crippen LogP contribution in [0.2, 0.25) is 0 Å². The van der Waals surface area contributed by atoms with Crippen LogP contribution in [0.3, 0.4) is 0 Å². The molecule has 278 valence electrons. The van der Waals surface area contributed by atoms with E-state index in [9.17, 15) is 0 Å². The van der Waals surface area contributed by atoms with Crippen molar-refractivity contribution in [1.82, 2.24) is 19.5 Å². The van der Waals surface area contributed by atoms with Gasteiger partial charge < -0.3 is 8.98 Å². The van der Waals surface area contributed by atoms with Crippen LogP contribution in [-0.4, -0.2) is 19.5 Å². The van der Waals surface area contributed by atoms with Gasteiger partial charge in [-0.3, -0.25) is 0 Å². The third kappa shape index (κ3) is 5.08. The van der Waals surface area contributed by atoms with Gasteiger partial charge in [-0.2, -0.15) is 0 Å². The maximum Gasteiger partial charge on any atom is 0.164 e. The quantitative estimate of drug-likeness (QED) is 0.175. The summed E-state index contributed by atoms with van der Waals surface area (Å²) in [7, 11) is 0. The van der Waals surface area contributed by atoms with E-state index in [0.29, 0.717) is 17.5 Å². The standard InChI is InChI=1S/C54H36N4O/c1-54(2)44-25-11-9-21-39(44)41-29-30-46-48(49(41)54)43-22-10-12-26-45(43)58(46)37-20-13-19-35(31-37)52-55-51(34-17-7-4-8-18-34)56-53(57-52)36-27-28-40-42-24-14-23-38(33-15-5-3-6-16-33)50(42)59-47(40)32-36/h3-32H,1-2H3. The summed E-state index contributed by atoms with van der Waals surface area (Å²) in [4.78, 5) is 15.4. The Morgan fingerprint density at radius 3 is 1.88 bits per heavy atom. The Balaban J connectivity index is 1.02. The smallest absolute Gasteiger partial charge is 0.164 e. The number of aromatic nitrogens is 4. The van der Waals surface area contributed by atoms with Crippen LogP contribution in [0.25, 0.3) is 106 Å². The molecular formula is C54H36N4O. The number of hydrogen-bond donors (Lipinski definition) is 0. The molecule has 0 saturated heterocycles. The number of para-hydroxylation sites is 2. The van der Waals surface area contributed by atoms with Crippen molar-refractivity contribution in [3.05, 3.63) is 193 Å². The van der Waals surface area contributed by atoms with Gasteiger partial charge in [0, 0.05) is 54.9 Å². The summed E-state index contributed by atoms with van der Waals surface area (Å²) in [6.07, 6.45) is 0. The van der Waals surface area contributed by atoms with E-state index in [1.54, 1.807) is 0 Å². The summed E-state index contributed by atoms with van der Waals surface area (Å²) in [5, 5.41) is 4.68. The highest BCUT2D eigenvalue weighted by Crippen LogP contribution is 2.53. The van der Waals surface area contributed by atoms with Crippen LogP contribution in [0, 0.1) is 0 Å². The normalized spacial score (nSPS) is 13.1. The van der Waals surface area contributed by atoms with E-state index < -0.39 is 0 Å². The second kappa shape index (κ2) is 12.7. The first-order valence-electron chi connectivity index (χ1n) is 20.1. The molecule has 0 saturated carbocycles. The lowest BCUT2D eigenvalue weighted by Gasteiger charge is -2.22. The van der Waals surface area contributed by atoms with Crippen molar-refractivity contribution >= 4 is 43.7 Å².